The van der Waals surface area contributed by atoms with Gasteiger partial charge in [-0.15, -0.1) is 24.0 Å². The highest BCUT2D eigenvalue weighted by Gasteiger charge is 2.42. The minimum absolute atomic E-state index is 0. The summed E-state index contributed by atoms with van der Waals surface area (Å²) < 4.78 is 0. The zero-order valence-corrected chi connectivity index (χ0v) is 21.6. The second-order valence-corrected chi connectivity index (χ2v) is 10.2. The molecule has 5 atom stereocenters. The summed E-state index contributed by atoms with van der Waals surface area (Å²) in [6, 6.07) is 5.88. The number of rotatable bonds is 9. The molecule has 1 heterocycles. The van der Waals surface area contributed by atoms with E-state index in [-0.39, 0.29) is 29.7 Å². The zero-order chi connectivity index (χ0) is 25.6. The monoisotopic (exact) mass is 531 g/mol. The molecular formula is C23H35Cl2N5O5. The molecule has 0 radical (unpaired) electrons. The molecule has 0 aromatic heterocycles. The first-order valence-corrected chi connectivity index (χ1v) is 11.5. The van der Waals surface area contributed by atoms with E-state index in [4.69, 9.17) is 23.1 Å². The van der Waals surface area contributed by atoms with E-state index in [1.165, 1.54) is 0 Å². The summed E-state index contributed by atoms with van der Waals surface area (Å²) in [6.07, 6.45) is -1.71. The van der Waals surface area contributed by atoms with Crippen LogP contribution in [0.2, 0.25) is 0 Å². The summed E-state index contributed by atoms with van der Waals surface area (Å²) in [5, 5.41) is 15.3. The Kier molecular flexibility index (Phi) is 11.6. The van der Waals surface area contributed by atoms with Crippen LogP contribution in [0.1, 0.15) is 39.2 Å². The highest BCUT2D eigenvalue weighted by molar-refractivity contribution is 6.21. The molecular weight excluding hydrogens is 497 g/mol. The molecule has 4 amide bonds. The average molecular weight is 532 g/mol. The number of halogens is 2. The average Bonchev–Trinajstić information content (AvgIpc) is 3.15. The predicted molar refractivity (Wildman–Crippen MR) is 135 cm³/mol. The molecule has 1 saturated heterocycles. The number of likely N-dealkylation sites (tertiary alicyclic amines) is 1. The fourth-order valence-electron chi connectivity index (χ4n) is 3.94. The Hall–Kier alpha value is -2.24. The summed E-state index contributed by atoms with van der Waals surface area (Å²) in [5.41, 5.74) is 11.2. The number of carbonyl (C=O) groups excluding carboxylic acids is 4. The van der Waals surface area contributed by atoms with Crippen LogP contribution in [0.15, 0.2) is 30.3 Å². The third-order valence-electron chi connectivity index (χ3n) is 5.69. The van der Waals surface area contributed by atoms with Gasteiger partial charge >= 0.3 is 0 Å². The highest BCUT2D eigenvalue weighted by atomic mass is 35.5. The fraction of sp³-hybridized carbons (Fsp3) is 0.565. The normalized spacial score (nSPS) is 20.7. The SMILES string of the molecule is CC(C)(C)N1C[C@@H](Cl)C[C@H]1C(=O)NC(=O)[C@@H](O)[C@H](Cc1ccccc1)NC(=O)[C@@H](N)CC(N)=O.Cl. The first-order chi connectivity index (χ1) is 15.8. The van der Waals surface area contributed by atoms with E-state index in [0.29, 0.717) is 13.0 Å². The maximum absolute atomic E-state index is 12.9. The van der Waals surface area contributed by atoms with Crippen molar-refractivity contribution in [3.8, 4) is 0 Å². The van der Waals surface area contributed by atoms with Crippen LogP contribution in [0, 0.1) is 0 Å². The number of primary amides is 1. The summed E-state index contributed by atoms with van der Waals surface area (Å²) >= 11 is 6.27. The van der Waals surface area contributed by atoms with E-state index >= 15 is 0 Å². The number of nitrogens with one attached hydrogen (secondary N) is 2. The summed E-state index contributed by atoms with van der Waals surface area (Å²) in [5.74, 6) is -3.04. The minimum atomic E-state index is -1.76. The molecule has 10 nitrogen and oxygen atoms in total. The lowest BCUT2D eigenvalue weighted by molar-refractivity contribution is -0.140. The molecule has 0 spiro atoms. The van der Waals surface area contributed by atoms with Crippen LogP contribution in [0.25, 0.3) is 0 Å². The number of hydrogen-bond acceptors (Lipinski definition) is 7. The number of benzene rings is 1. The largest absolute Gasteiger partial charge is 0.381 e. The van der Waals surface area contributed by atoms with Gasteiger partial charge in [-0.05, 0) is 39.2 Å². The Bertz CT molecular complexity index is 896. The fourth-order valence-corrected chi connectivity index (χ4v) is 4.26. The second-order valence-electron chi connectivity index (χ2n) is 9.55. The summed E-state index contributed by atoms with van der Waals surface area (Å²) in [4.78, 5) is 51.2. The standard InChI is InChI=1S/C23H34ClN5O5.ClH/c1-23(2,3)29-12-14(24)10-17(29)21(33)28-22(34)19(31)16(9-13-7-5-4-6-8-13)27-20(32)15(25)11-18(26)30;/h4-8,14-17,19,31H,9-12,25H2,1-3H3,(H2,26,30)(H,27,32)(H,28,33,34);1H/t14-,15-,16-,17-,19-;/m0./s1. The Labute approximate surface area is 216 Å². The Morgan fingerprint density at radius 1 is 1.17 bits per heavy atom. The molecule has 1 aliphatic heterocycles. The van der Waals surface area contributed by atoms with Crippen molar-refractivity contribution in [2.75, 3.05) is 6.54 Å². The number of hydrogen-bond donors (Lipinski definition) is 5. The van der Waals surface area contributed by atoms with Crippen LogP contribution in [-0.2, 0) is 25.6 Å². The van der Waals surface area contributed by atoms with Crippen molar-refractivity contribution in [3.63, 3.8) is 0 Å². The van der Waals surface area contributed by atoms with E-state index < -0.39 is 54.3 Å². The van der Waals surface area contributed by atoms with Gasteiger partial charge < -0.3 is 21.9 Å². The van der Waals surface area contributed by atoms with Crippen molar-refractivity contribution >= 4 is 47.6 Å². The van der Waals surface area contributed by atoms with Crippen LogP contribution in [0.4, 0.5) is 0 Å². The van der Waals surface area contributed by atoms with Gasteiger partial charge in [-0.2, -0.15) is 0 Å². The molecule has 7 N–H and O–H groups in total. The molecule has 1 aromatic carbocycles. The van der Waals surface area contributed by atoms with Crippen molar-refractivity contribution in [2.24, 2.45) is 11.5 Å². The molecule has 2 rings (SSSR count). The van der Waals surface area contributed by atoms with Crippen molar-refractivity contribution in [3.05, 3.63) is 35.9 Å². The summed E-state index contributed by atoms with van der Waals surface area (Å²) in [7, 11) is 0. The Morgan fingerprint density at radius 3 is 2.31 bits per heavy atom. The number of aliphatic hydroxyl groups is 1. The van der Waals surface area contributed by atoms with E-state index in [9.17, 15) is 24.3 Å². The number of nitrogens with two attached hydrogens (primary N) is 2. The number of carbonyl (C=O) groups is 4. The lowest BCUT2D eigenvalue weighted by atomic mass is 9.99. The van der Waals surface area contributed by atoms with Gasteiger partial charge in [-0.1, -0.05) is 30.3 Å². The molecule has 1 fully saturated rings. The Balaban J connectivity index is 0.00000612. The first kappa shape index (κ1) is 30.8. The van der Waals surface area contributed by atoms with Gasteiger partial charge in [0.2, 0.25) is 17.7 Å². The highest BCUT2D eigenvalue weighted by Crippen LogP contribution is 2.29. The van der Waals surface area contributed by atoms with Crippen LogP contribution in [0.3, 0.4) is 0 Å². The van der Waals surface area contributed by atoms with Crippen molar-refractivity contribution in [1.29, 1.82) is 0 Å². The van der Waals surface area contributed by atoms with Gasteiger partial charge in [-0.3, -0.25) is 29.4 Å². The van der Waals surface area contributed by atoms with Gasteiger partial charge in [0.15, 0.2) is 6.10 Å². The van der Waals surface area contributed by atoms with Crippen molar-refractivity contribution < 1.29 is 24.3 Å². The van der Waals surface area contributed by atoms with Crippen LogP contribution >= 0.6 is 24.0 Å². The molecule has 35 heavy (non-hydrogen) atoms. The third kappa shape index (κ3) is 9.05. The predicted octanol–water partition coefficient (Wildman–Crippen LogP) is -0.178. The first-order valence-electron chi connectivity index (χ1n) is 11.1. The maximum atomic E-state index is 12.9. The number of alkyl halides is 1. The van der Waals surface area contributed by atoms with Gasteiger partial charge in [-0.25, -0.2) is 0 Å². The zero-order valence-electron chi connectivity index (χ0n) is 20.1. The number of imide groups is 1. The molecule has 1 aromatic rings. The number of aliphatic hydroxyl groups excluding tert-OH is 1. The molecule has 0 unspecified atom stereocenters. The lowest BCUT2D eigenvalue weighted by Crippen LogP contribution is -2.58. The van der Waals surface area contributed by atoms with Crippen molar-refractivity contribution in [2.45, 2.75) is 75.2 Å². The van der Waals surface area contributed by atoms with Gasteiger partial charge in [0.25, 0.3) is 5.91 Å². The minimum Gasteiger partial charge on any atom is -0.381 e. The number of nitrogens with zero attached hydrogens (tertiary/aromatic N) is 1. The second kappa shape index (κ2) is 13.2. The quantitative estimate of drug-likeness (QED) is 0.275. The van der Waals surface area contributed by atoms with Crippen LogP contribution in [-0.4, -0.2) is 75.3 Å². The van der Waals surface area contributed by atoms with Crippen molar-refractivity contribution in [1.82, 2.24) is 15.5 Å². The molecule has 12 heteroatoms. The summed E-state index contributed by atoms with van der Waals surface area (Å²) in [6.45, 7) is 6.32. The topological polar surface area (TPSA) is 168 Å². The van der Waals surface area contributed by atoms with Gasteiger partial charge in [0, 0.05) is 17.5 Å². The van der Waals surface area contributed by atoms with E-state index in [2.05, 4.69) is 10.6 Å². The number of amides is 4. The molecule has 0 bridgehead atoms. The molecule has 0 aliphatic carbocycles. The van der Waals surface area contributed by atoms with Crippen LogP contribution < -0.4 is 22.1 Å². The lowest BCUT2D eigenvalue weighted by Gasteiger charge is -2.36. The third-order valence-corrected chi connectivity index (χ3v) is 6.01. The molecule has 1 aliphatic rings. The molecule has 196 valence electrons. The van der Waals surface area contributed by atoms with Gasteiger partial charge in [0.05, 0.1) is 24.5 Å². The van der Waals surface area contributed by atoms with E-state index in [1.54, 1.807) is 30.3 Å². The molecule has 0 saturated carbocycles. The smallest absolute Gasteiger partial charge is 0.257 e. The maximum Gasteiger partial charge on any atom is 0.257 e. The Morgan fingerprint density at radius 2 is 1.77 bits per heavy atom. The van der Waals surface area contributed by atoms with Gasteiger partial charge in [0.1, 0.15) is 0 Å². The van der Waals surface area contributed by atoms with E-state index in [1.807, 2.05) is 25.7 Å². The van der Waals surface area contributed by atoms with E-state index in [0.717, 1.165) is 5.56 Å². The van der Waals surface area contributed by atoms with Crippen LogP contribution in [0.5, 0.6) is 0 Å².